The van der Waals surface area contributed by atoms with Crippen LogP contribution in [0.25, 0.3) is 5.69 Å². The summed E-state index contributed by atoms with van der Waals surface area (Å²) >= 11 is 8.54. The summed E-state index contributed by atoms with van der Waals surface area (Å²) in [6.07, 6.45) is -9.73. The van der Waals surface area contributed by atoms with Crippen LogP contribution in [-0.2, 0) is 5.67 Å². The van der Waals surface area contributed by atoms with Crippen molar-refractivity contribution < 1.29 is 30.7 Å². The van der Waals surface area contributed by atoms with Crippen LogP contribution in [0.2, 0.25) is 5.02 Å². The zero-order valence-electron chi connectivity index (χ0n) is 10.7. The van der Waals surface area contributed by atoms with E-state index < -0.39 is 28.6 Å². The van der Waals surface area contributed by atoms with Crippen molar-refractivity contribution >= 4 is 27.5 Å². The molecule has 0 N–H and O–H groups in total. The van der Waals surface area contributed by atoms with Gasteiger partial charge in [0.15, 0.2) is 0 Å². The van der Waals surface area contributed by atoms with E-state index in [-0.39, 0.29) is 16.2 Å². The first-order valence-electron chi connectivity index (χ1n) is 5.71. The Balaban J connectivity index is 2.69. The maximum absolute atomic E-state index is 14.0. The third kappa shape index (κ3) is 2.93. The molecule has 11 heteroatoms. The van der Waals surface area contributed by atoms with E-state index in [1.165, 1.54) is 18.5 Å². The smallest absolute Gasteiger partial charge is 0.238 e. The van der Waals surface area contributed by atoms with Gasteiger partial charge in [-0.3, -0.25) is 0 Å². The fourth-order valence-corrected chi connectivity index (χ4v) is 2.93. The van der Waals surface area contributed by atoms with Crippen molar-refractivity contribution in [2.45, 2.75) is 18.0 Å². The predicted octanol–water partition coefficient (Wildman–Crippen LogP) is 5.58. The standard InChI is InChI=1S/C12H5BrClF7N2/c13-7-4-6(10(15,11(16,17)18)12(19,20)21)5-8(14)9(7)23-3-1-2-22-23/h1-5H. The van der Waals surface area contributed by atoms with E-state index in [1.807, 2.05) is 0 Å². The Kier molecular flexibility index (Phi) is 4.44. The molecule has 0 aliphatic heterocycles. The minimum atomic E-state index is -6.21. The van der Waals surface area contributed by atoms with Crippen LogP contribution in [0.3, 0.4) is 0 Å². The summed E-state index contributed by atoms with van der Waals surface area (Å²) in [5.41, 5.74) is -7.24. The van der Waals surface area contributed by atoms with E-state index in [9.17, 15) is 30.7 Å². The number of alkyl halides is 7. The second-order valence-corrected chi connectivity index (χ2v) is 5.65. The maximum Gasteiger partial charge on any atom is 0.435 e. The molecule has 2 aromatic rings. The molecule has 0 aliphatic carbocycles. The summed E-state index contributed by atoms with van der Waals surface area (Å²) in [6, 6.07) is 2.12. The first-order chi connectivity index (χ1) is 10.4. The number of hydrogen-bond acceptors (Lipinski definition) is 1. The highest BCUT2D eigenvalue weighted by Crippen LogP contribution is 2.54. The lowest BCUT2D eigenvalue weighted by Gasteiger charge is -2.30. The second-order valence-electron chi connectivity index (χ2n) is 4.39. The molecule has 0 spiro atoms. The van der Waals surface area contributed by atoms with E-state index in [0.717, 1.165) is 4.68 Å². The van der Waals surface area contributed by atoms with Crippen LogP contribution in [0.5, 0.6) is 0 Å². The minimum Gasteiger partial charge on any atom is -0.238 e. The summed E-state index contributed by atoms with van der Waals surface area (Å²) in [4.78, 5) is 0. The predicted molar refractivity (Wildman–Crippen MR) is 71.2 cm³/mol. The zero-order valence-corrected chi connectivity index (χ0v) is 13.0. The average molecular weight is 426 g/mol. The highest BCUT2D eigenvalue weighted by Gasteiger charge is 2.73. The van der Waals surface area contributed by atoms with Crippen molar-refractivity contribution in [3.63, 3.8) is 0 Å². The molecule has 2 nitrogen and oxygen atoms in total. The molecule has 0 bridgehead atoms. The van der Waals surface area contributed by atoms with Gasteiger partial charge in [0.1, 0.15) is 0 Å². The molecule has 126 valence electrons. The molecule has 0 atom stereocenters. The van der Waals surface area contributed by atoms with Gasteiger partial charge in [-0.1, -0.05) is 11.6 Å². The summed E-state index contributed by atoms with van der Waals surface area (Å²) in [5, 5.41) is 3.23. The first-order valence-corrected chi connectivity index (χ1v) is 6.88. The van der Waals surface area contributed by atoms with Crippen LogP contribution in [0, 0.1) is 0 Å². The number of halogens is 9. The number of nitrogens with zero attached hydrogens (tertiary/aromatic N) is 2. The molecular formula is C12H5BrClF7N2. The lowest BCUT2D eigenvalue weighted by molar-refractivity contribution is -0.348. The van der Waals surface area contributed by atoms with Gasteiger partial charge in [-0.05, 0) is 34.1 Å². The van der Waals surface area contributed by atoms with E-state index in [2.05, 4.69) is 21.0 Å². The Morgan fingerprint density at radius 3 is 1.96 bits per heavy atom. The molecule has 0 fully saturated rings. The molecule has 0 radical (unpaired) electrons. The van der Waals surface area contributed by atoms with Crippen molar-refractivity contribution in [2.75, 3.05) is 0 Å². The third-order valence-corrected chi connectivity index (χ3v) is 3.82. The van der Waals surface area contributed by atoms with Crippen molar-refractivity contribution in [1.29, 1.82) is 0 Å². The van der Waals surface area contributed by atoms with E-state index in [4.69, 9.17) is 11.6 Å². The van der Waals surface area contributed by atoms with Gasteiger partial charge in [0.05, 0.1) is 10.7 Å². The molecule has 0 saturated heterocycles. The Morgan fingerprint density at radius 1 is 1.00 bits per heavy atom. The van der Waals surface area contributed by atoms with Gasteiger partial charge in [-0.15, -0.1) is 0 Å². The van der Waals surface area contributed by atoms with Crippen molar-refractivity contribution in [1.82, 2.24) is 9.78 Å². The maximum atomic E-state index is 14.0. The quantitative estimate of drug-likeness (QED) is 0.575. The summed E-state index contributed by atoms with van der Waals surface area (Å²) in [6.45, 7) is 0. The Hall–Kier alpha value is -1.29. The highest BCUT2D eigenvalue weighted by molar-refractivity contribution is 9.10. The lowest BCUT2D eigenvalue weighted by atomic mass is 9.94. The highest BCUT2D eigenvalue weighted by atomic mass is 79.9. The lowest BCUT2D eigenvalue weighted by Crippen LogP contribution is -2.50. The first kappa shape index (κ1) is 18.1. The monoisotopic (exact) mass is 424 g/mol. The molecule has 23 heavy (non-hydrogen) atoms. The van der Waals surface area contributed by atoms with Crippen LogP contribution in [0.4, 0.5) is 30.7 Å². The van der Waals surface area contributed by atoms with Gasteiger partial charge in [-0.2, -0.15) is 31.4 Å². The number of rotatable bonds is 2. The minimum absolute atomic E-state index is 0.0212. The molecular weight excluding hydrogens is 420 g/mol. The number of aromatic nitrogens is 2. The number of hydrogen-bond donors (Lipinski definition) is 0. The Bertz CT molecular complexity index is 672. The molecule has 0 unspecified atom stereocenters. The van der Waals surface area contributed by atoms with Crippen LogP contribution in [0.15, 0.2) is 35.1 Å². The van der Waals surface area contributed by atoms with Crippen molar-refractivity contribution in [3.8, 4) is 5.69 Å². The zero-order chi connectivity index (χ0) is 17.6. The van der Waals surface area contributed by atoms with Gasteiger partial charge in [0.25, 0.3) is 0 Å². The van der Waals surface area contributed by atoms with Crippen LogP contribution in [0.1, 0.15) is 5.56 Å². The number of benzene rings is 1. The summed E-state index contributed by atoms with van der Waals surface area (Å²) < 4.78 is 91.4. The second kappa shape index (κ2) is 5.66. The Labute approximate surface area is 138 Å². The average Bonchev–Trinajstić information content (AvgIpc) is 2.87. The van der Waals surface area contributed by atoms with Gasteiger partial charge < -0.3 is 0 Å². The van der Waals surface area contributed by atoms with Crippen molar-refractivity contribution in [3.05, 3.63) is 45.7 Å². The molecule has 0 amide bonds. The SMILES string of the molecule is FC(F)(F)C(F)(c1cc(Cl)c(-n2cccn2)c(Br)c1)C(F)(F)F. The van der Waals surface area contributed by atoms with Gasteiger partial charge in [0.2, 0.25) is 0 Å². The van der Waals surface area contributed by atoms with Crippen LogP contribution >= 0.6 is 27.5 Å². The summed E-state index contributed by atoms with van der Waals surface area (Å²) in [5.74, 6) is 0. The fraction of sp³-hybridized carbons (Fsp3) is 0.250. The van der Waals surface area contributed by atoms with Crippen molar-refractivity contribution in [2.24, 2.45) is 0 Å². The molecule has 2 rings (SSSR count). The third-order valence-electron chi connectivity index (χ3n) is 2.93. The van der Waals surface area contributed by atoms with Gasteiger partial charge >= 0.3 is 18.0 Å². The fourth-order valence-electron chi connectivity index (χ4n) is 1.87. The molecule has 1 heterocycles. The summed E-state index contributed by atoms with van der Waals surface area (Å²) in [7, 11) is 0. The van der Waals surface area contributed by atoms with Crippen LogP contribution in [-0.4, -0.2) is 22.1 Å². The molecule has 1 aromatic heterocycles. The van der Waals surface area contributed by atoms with Gasteiger partial charge in [0, 0.05) is 22.4 Å². The largest absolute Gasteiger partial charge is 0.435 e. The molecule has 0 saturated carbocycles. The van der Waals surface area contributed by atoms with E-state index in [1.54, 1.807) is 0 Å². The van der Waals surface area contributed by atoms with E-state index >= 15 is 0 Å². The molecule has 1 aromatic carbocycles. The van der Waals surface area contributed by atoms with Gasteiger partial charge in [-0.25, -0.2) is 9.07 Å². The van der Waals surface area contributed by atoms with Crippen LogP contribution < -0.4 is 0 Å². The molecule has 0 aliphatic rings. The topological polar surface area (TPSA) is 17.8 Å². The normalized spacial score (nSPS) is 13.4. The van der Waals surface area contributed by atoms with E-state index in [0.29, 0.717) is 6.07 Å². The Morgan fingerprint density at radius 2 is 1.57 bits per heavy atom.